The number of amides is 1. The summed E-state index contributed by atoms with van der Waals surface area (Å²) in [7, 11) is 1.85. The standard InChI is InChI=1S/C16H22N2O2S/c1-3-9-20-14-6-4-13(5-7-14)11-18(2)16(19)15-12-21-10-8-17-15/h3-7,15,17H,1,8-12H2,2H3. The van der Waals surface area contributed by atoms with Gasteiger partial charge in [0, 0.05) is 31.6 Å². The molecule has 5 heteroatoms. The molecule has 1 aliphatic heterocycles. The number of hydrogen-bond acceptors (Lipinski definition) is 4. The van der Waals surface area contributed by atoms with Crippen molar-refractivity contribution in [2.75, 3.05) is 31.7 Å². The first-order chi connectivity index (χ1) is 10.2. The van der Waals surface area contributed by atoms with E-state index in [9.17, 15) is 4.79 Å². The summed E-state index contributed by atoms with van der Waals surface area (Å²) in [5, 5.41) is 3.28. The predicted octanol–water partition coefficient (Wildman–Crippen LogP) is 1.91. The summed E-state index contributed by atoms with van der Waals surface area (Å²) < 4.78 is 5.45. The summed E-state index contributed by atoms with van der Waals surface area (Å²) in [6, 6.07) is 7.78. The van der Waals surface area contributed by atoms with Gasteiger partial charge in [0.2, 0.25) is 5.91 Å². The van der Waals surface area contributed by atoms with Gasteiger partial charge in [-0.3, -0.25) is 4.79 Å². The number of benzene rings is 1. The molecule has 0 bridgehead atoms. The molecule has 1 heterocycles. The zero-order chi connectivity index (χ0) is 15.1. The lowest BCUT2D eigenvalue weighted by atomic mass is 10.2. The van der Waals surface area contributed by atoms with Crippen LogP contribution in [0.15, 0.2) is 36.9 Å². The molecule has 1 aromatic carbocycles. The monoisotopic (exact) mass is 306 g/mol. The van der Waals surface area contributed by atoms with Gasteiger partial charge < -0.3 is 15.0 Å². The van der Waals surface area contributed by atoms with Gasteiger partial charge in [-0.1, -0.05) is 24.8 Å². The zero-order valence-electron chi connectivity index (χ0n) is 12.4. The predicted molar refractivity (Wildman–Crippen MR) is 87.7 cm³/mol. The topological polar surface area (TPSA) is 41.6 Å². The second-order valence-corrected chi connectivity index (χ2v) is 6.17. The van der Waals surface area contributed by atoms with Crippen molar-refractivity contribution in [3.8, 4) is 5.75 Å². The van der Waals surface area contributed by atoms with E-state index in [1.807, 2.05) is 43.1 Å². The van der Waals surface area contributed by atoms with Gasteiger partial charge in [-0.15, -0.1) is 0 Å². The minimum absolute atomic E-state index is 0.0519. The number of nitrogens with zero attached hydrogens (tertiary/aromatic N) is 1. The summed E-state index contributed by atoms with van der Waals surface area (Å²) in [6.07, 6.45) is 1.72. The molecular formula is C16H22N2O2S. The minimum Gasteiger partial charge on any atom is -0.490 e. The number of likely N-dealkylation sites (N-methyl/N-ethyl adjacent to an activating group) is 1. The summed E-state index contributed by atoms with van der Waals surface area (Å²) in [5.74, 6) is 2.92. The zero-order valence-corrected chi connectivity index (χ0v) is 13.2. The smallest absolute Gasteiger partial charge is 0.240 e. The van der Waals surface area contributed by atoms with Crippen LogP contribution in [0.5, 0.6) is 5.75 Å². The number of nitrogens with one attached hydrogen (secondary N) is 1. The van der Waals surface area contributed by atoms with Gasteiger partial charge in [0.25, 0.3) is 0 Å². The molecule has 1 aromatic rings. The number of carbonyl (C=O) groups is 1. The molecule has 1 unspecified atom stereocenters. The van der Waals surface area contributed by atoms with E-state index in [4.69, 9.17) is 4.74 Å². The number of carbonyl (C=O) groups excluding carboxylic acids is 1. The normalized spacial score (nSPS) is 18.0. The van der Waals surface area contributed by atoms with Gasteiger partial charge >= 0.3 is 0 Å². The molecule has 0 saturated carbocycles. The summed E-state index contributed by atoms with van der Waals surface area (Å²) in [5.41, 5.74) is 1.10. The molecule has 1 aliphatic rings. The molecule has 0 radical (unpaired) electrons. The third-order valence-electron chi connectivity index (χ3n) is 3.31. The number of ether oxygens (including phenoxy) is 1. The maximum absolute atomic E-state index is 12.3. The van der Waals surface area contributed by atoms with E-state index in [0.29, 0.717) is 13.2 Å². The first-order valence-electron chi connectivity index (χ1n) is 7.09. The van der Waals surface area contributed by atoms with Crippen LogP contribution in [0, 0.1) is 0 Å². The van der Waals surface area contributed by atoms with Crippen LogP contribution in [-0.2, 0) is 11.3 Å². The van der Waals surface area contributed by atoms with Gasteiger partial charge in [0.1, 0.15) is 12.4 Å². The van der Waals surface area contributed by atoms with E-state index >= 15 is 0 Å². The maximum Gasteiger partial charge on any atom is 0.240 e. The second-order valence-electron chi connectivity index (χ2n) is 5.02. The van der Waals surface area contributed by atoms with E-state index in [2.05, 4.69) is 11.9 Å². The molecule has 0 spiro atoms. The molecular weight excluding hydrogens is 284 g/mol. The highest BCUT2D eigenvalue weighted by molar-refractivity contribution is 7.99. The fourth-order valence-corrected chi connectivity index (χ4v) is 3.11. The van der Waals surface area contributed by atoms with Crippen molar-refractivity contribution in [2.24, 2.45) is 0 Å². The fraction of sp³-hybridized carbons (Fsp3) is 0.438. The lowest BCUT2D eigenvalue weighted by molar-refractivity contribution is -0.132. The van der Waals surface area contributed by atoms with Crippen molar-refractivity contribution in [2.45, 2.75) is 12.6 Å². The van der Waals surface area contributed by atoms with Crippen LogP contribution in [0.25, 0.3) is 0 Å². The molecule has 21 heavy (non-hydrogen) atoms. The first kappa shape index (κ1) is 15.9. The third kappa shape index (κ3) is 4.79. The van der Waals surface area contributed by atoms with Crippen molar-refractivity contribution in [1.29, 1.82) is 0 Å². The molecule has 0 aromatic heterocycles. The molecule has 1 saturated heterocycles. The number of rotatable bonds is 6. The highest BCUT2D eigenvalue weighted by Gasteiger charge is 2.23. The van der Waals surface area contributed by atoms with Crippen LogP contribution in [0.1, 0.15) is 5.56 Å². The van der Waals surface area contributed by atoms with E-state index < -0.39 is 0 Å². The van der Waals surface area contributed by atoms with Gasteiger partial charge in [-0.2, -0.15) is 11.8 Å². The lowest BCUT2D eigenvalue weighted by Gasteiger charge is -2.27. The van der Waals surface area contributed by atoms with Gasteiger partial charge in [0.05, 0.1) is 6.04 Å². The Morgan fingerprint density at radius 2 is 2.29 bits per heavy atom. The third-order valence-corrected chi connectivity index (χ3v) is 4.37. The molecule has 114 valence electrons. The number of thioether (sulfide) groups is 1. The Morgan fingerprint density at radius 3 is 2.90 bits per heavy atom. The minimum atomic E-state index is -0.0519. The van der Waals surface area contributed by atoms with Crippen molar-refractivity contribution in [3.05, 3.63) is 42.5 Å². The van der Waals surface area contributed by atoms with Crippen LogP contribution < -0.4 is 10.1 Å². The SMILES string of the molecule is C=CCOc1ccc(CN(C)C(=O)C2CSCCN2)cc1. The Balaban J connectivity index is 1.87. The van der Waals surface area contributed by atoms with Crippen LogP contribution in [-0.4, -0.2) is 48.6 Å². The fourth-order valence-electron chi connectivity index (χ4n) is 2.19. The summed E-state index contributed by atoms with van der Waals surface area (Å²) >= 11 is 1.83. The largest absolute Gasteiger partial charge is 0.490 e. The highest BCUT2D eigenvalue weighted by atomic mass is 32.2. The van der Waals surface area contributed by atoms with Crippen LogP contribution in [0.3, 0.4) is 0 Å². The lowest BCUT2D eigenvalue weighted by Crippen LogP contribution is -2.49. The Labute approximate surface area is 130 Å². The Morgan fingerprint density at radius 1 is 1.52 bits per heavy atom. The molecule has 1 atom stereocenters. The second kappa shape index (κ2) is 8.10. The van der Waals surface area contributed by atoms with Gasteiger partial charge in [0.15, 0.2) is 0 Å². The highest BCUT2D eigenvalue weighted by Crippen LogP contribution is 2.15. The van der Waals surface area contributed by atoms with Crippen LogP contribution >= 0.6 is 11.8 Å². The van der Waals surface area contributed by atoms with Gasteiger partial charge in [-0.05, 0) is 17.7 Å². The van der Waals surface area contributed by atoms with Crippen LogP contribution in [0.4, 0.5) is 0 Å². The maximum atomic E-state index is 12.3. The molecule has 1 fully saturated rings. The summed E-state index contributed by atoms with van der Waals surface area (Å²) in [4.78, 5) is 14.1. The Kier molecular flexibility index (Phi) is 6.14. The number of hydrogen-bond donors (Lipinski definition) is 1. The van der Waals surface area contributed by atoms with E-state index in [1.165, 1.54) is 0 Å². The summed E-state index contributed by atoms with van der Waals surface area (Å²) in [6.45, 7) is 5.64. The quantitative estimate of drug-likeness (QED) is 0.815. The molecule has 0 aliphatic carbocycles. The van der Waals surface area contributed by atoms with Crippen molar-refractivity contribution < 1.29 is 9.53 Å². The van der Waals surface area contributed by atoms with Crippen molar-refractivity contribution in [1.82, 2.24) is 10.2 Å². The first-order valence-corrected chi connectivity index (χ1v) is 8.25. The molecule has 4 nitrogen and oxygen atoms in total. The average molecular weight is 306 g/mol. The van der Waals surface area contributed by atoms with Crippen LogP contribution in [0.2, 0.25) is 0 Å². The molecule has 1 amide bonds. The Hall–Kier alpha value is -1.46. The van der Waals surface area contributed by atoms with E-state index in [0.717, 1.165) is 29.4 Å². The molecule has 1 N–H and O–H groups in total. The van der Waals surface area contributed by atoms with E-state index in [1.54, 1.807) is 11.0 Å². The van der Waals surface area contributed by atoms with Crippen molar-refractivity contribution >= 4 is 17.7 Å². The van der Waals surface area contributed by atoms with Gasteiger partial charge in [-0.25, -0.2) is 0 Å². The Bertz CT molecular complexity index is 470. The average Bonchev–Trinajstić information content (AvgIpc) is 2.54. The van der Waals surface area contributed by atoms with Crippen molar-refractivity contribution in [3.63, 3.8) is 0 Å². The van der Waals surface area contributed by atoms with E-state index in [-0.39, 0.29) is 11.9 Å². The molecule has 2 rings (SSSR count).